The molecule has 0 heterocycles. The van der Waals surface area contributed by atoms with Crippen LogP contribution < -0.4 is 5.84 Å². The molecule has 0 fully saturated rings. The first-order valence-electron chi connectivity index (χ1n) is 7.25. The third-order valence-electron chi connectivity index (χ3n) is 3.73. The number of hydrazine groups is 1. The molecule has 0 bridgehead atoms. The second-order valence-electron chi connectivity index (χ2n) is 5.41. The summed E-state index contributed by atoms with van der Waals surface area (Å²) in [6.45, 7) is 1.94. The van der Waals surface area contributed by atoms with E-state index >= 15 is 0 Å². The number of benzene rings is 2. The van der Waals surface area contributed by atoms with E-state index in [-0.39, 0.29) is 11.7 Å². The molecule has 0 aromatic heterocycles. The van der Waals surface area contributed by atoms with Crippen molar-refractivity contribution < 1.29 is 9.59 Å². The Bertz CT molecular complexity index is 833. The number of nitrogens with zero attached hydrogens (tertiary/aromatic N) is 1. The highest BCUT2D eigenvalue weighted by Gasteiger charge is 2.19. The quantitative estimate of drug-likeness (QED) is 0.401. The second kappa shape index (κ2) is 6.02. The van der Waals surface area contributed by atoms with Gasteiger partial charge in [-0.25, -0.2) is 5.84 Å². The molecule has 0 saturated heterocycles. The summed E-state index contributed by atoms with van der Waals surface area (Å²) in [6.07, 6.45) is 4.64. The van der Waals surface area contributed by atoms with E-state index in [4.69, 9.17) is 5.84 Å². The molecule has 3 rings (SSSR count). The summed E-state index contributed by atoms with van der Waals surface area (Å²) in [5, 5.41) is 0.966. The molecule has 2 N–H and O–H groups in total. The van der Waals surface area contributed by atoms with E-state index < -0.39 is 0 Å². The lowest BCUT2D eigenvalue weighted by atomic mass is 9.92. The van der Waals surface area contributed by atoms with Gasteiger partial charge >= 0.3 is 0 Å². The lowest BCUT2D eigenvalue weighted by molar-refractivity contribution is -0.109. The minimum Gasteiger partial charge on any atom is -0.289 e. The van der Waals surface area contributed by atoms with Gasteiger partial charge in [0.2, 0.25) is 0 Å². The van der Waals surface area contributed by atoms with Gasteiger partial charge in [-0.05, 0) is 36.3 Å². The number of carbonyl (C=O) groups excluding carboxylic acids is 2. The molecular weight excluding hydrogens is 288 g/mol. The van der Waals surface area contributed by atoms with Crippen LogP contribution in [0.25, 0.3) is 11.6 Å². The molecular formula is C19H16N2O2. The first kappa shape index (κ1) is 14.9. The van der Waals surface area contributed by atoms with Crippen LogP contribution in [0.15, 0.2) is 60.8 Å². The molecule has 0 aliphatic heterocycles. The molecule has 23 heavy (non-hydrogen) atoms. The van der Waals surface area contributed by atoms with Crippen LogP contribution in [0.1, 0.15) is 27.0 Å². The molecule has 4 nitrogen and oxygen atoms in total. The number of nitrogens with two attached hydrogens (primary N) is 1. The maximum absolute atomic E-state index is 12.4. The van der Waals surface area contributed by atoms with Crippen LogP contribution in [0, 0.1) is 6.92 Å². The molecule has 1 aliphatic rings. The maximum atomic E-state index is 12.4. The third-order valence-corrected chi connectivity index (χ3v) is 3.73. The minimum absolute atomic E-state index is 0.171. The fourth-order valence-corrected chi connectivity index (χ4v) is 2.45. The van der Waals surface area contributed by atoms with E-state index in [1.807, 2.05) is 43.3 Å². The van der Waals surface area contributed by atoms with Crippen molar-refractivity contribution >= 4 is 23.3 Å². The number of aryl methyl sites for hydroxylation is 1. The molecule has 2 aromatic carbocycles. The van der Waals surface area contributed by atoms with Gasteiger partial charge in [0.1, 0.15) is 0 Å². The van der Waals surface area contributed by atoms with Crippen LogP contribution in [0.2, 0.25) is 0 Å². The number of carbonyl (C=O) groups is 2. The average molecular weight is 304 g/mol. The normalized spacial score (nSPS) is 14.7. The Morgan fingerprint density at radius 1 is 1.04 bits per heavy atom. The lowest BCUT2D eigenvalue weighted by Gasteiger charge is -2.17. The third kappa shape index (κ3) is 2.98. The molecule has 0 atom stereocenters. The minimum atomic E-state index is -0.364. The van der Waals surface area contributed by atoms with Crippen molar-refractivity contribution in [3.8, 4) is 0 Å². The van der Waals surface area contributed by atoms with E-state index in [2.05, 4.69) is 0 Å². The van der Waals surface area contributed by atoms with E-state index in [9.17, 15) is 9.59 Å². The Hall–Kier alpha value is -2.98. The number of fused-ring (bicyclic) bond motifs is 1. The van der Waals surface area contributed by atoms with Gasteiger partial charge in [-0.3, -0.25) is 14.6 Å². The van der Waals surface area contributed by atoms with Gasteiger partial charge in [0.05, 0.1) is 0 Å². The van der Waals surface area contributed by atoms with Crippen LogP contribution in [-0.2, 0) is 4.79 Å². The summed E-state index contributed by atoms with van der Waals surface area (Å²) in [6, 6.07) is 14.6. The van der Waals surface area contributed by atoms with Crippen molar-refractivity contribution in [2.45, 2.75) is 6.92 Å². The molecule has 0 unspecified atom stereocenters. The highest BCUT2D eigenvalue weighted by Crippen LogP contribution is 2.26. The van der Waals surface area contributed by atoms with Crippen molar-refractivity contribution in [2.75, 3.05) is 0 Å². The SMILES string of the molecule is Cc1ccc(C(=O)N(N)C=C2C(=O)C=Cc3ccccc32)cc1. The van der Waals surface area contributed by atoms with Crippen LogP contribution in [0.4, 0.5) is 0 Å². The Kier molecular flexibility index (Phi) is 3.91. The first-order chi connectivity index (χ1) is 11.1. The fourth-order valence-electron chi connectivity index (χ4n) is 2.45. The lowest BCUT2D eigenvalue weighted by Crippen LogP contribution is -2.33. The van der Waals surface area contributed by atoms with Gasteiger partial charge in [0, 0.05) is 17.3 Å². The number of hydrogen-bond donors (Lipinski definition) is 1. The summed E-state index contributed by atoms with van der Waals surface area (Å²) < 4.78 is 0. The smallest absolute Gasteiger partial charge is 0.271 e. The topological polar surface area (TPSA) is 63.4 Å². The van der Waals surface area contributed by atoms with Gasteiger partial charge in [0.15, 0.2) is 5.78 Å². The molecule has 1 aliphatic carbocycles. The van der Waals surface area contributed by atoms with Crippen molar-refractivity contribution in [3.63, 3.8) is 0 Å². The molecule has 0 spiro atoms. The maximum Gasteiger partial charge on any atom is 0.271 e. The predicted octanol–water partition coefficient (Wildman–Crippen LogP) is 2.95. The number of allylic oxidation sites excluding steroid dienone is 2. The van der Waals surface area contributed by atoms with E-state index in [1.165, 1.54) is 12.3 Å². The number of amides is 1. The van der Waals surface area contributed by atoms with Gasteiger partial charge < -0.3 is 0 Å². The molecule has 2 aromatic rings. The van der Waals surface area contributed by atoms with Gasteiger partial charge in [-0.1, -0.05) is 48.0 Å². The van der Waals surface area contributed by atoms with Gasteiger partial charge in [0.25, 0.3) is 5.91 Å². The highest BCUT2D eigenvalue weighted by atomic mass is 16.2. The fraction of sp³-hybridized carbons (Fsp3) is 0.0526. The van der Waals surface area contributed by atoms with Crippen LogP contribution in [-0.4, -0.2) is 16.7 Å². The average Bonchev–Trinajstić information content (AvgIpc) is 2.57. The monoisotopic (exact) mass is 304 g/mol. The van der Waals surface area contributed by atoms with E-state index in [0.29, 0.717) is 11.1 Å². The number of hydrogen-bond acceptors (Lipinski definition) is 3. The molecule has 4 heteroatoms. The second-order valence-corrected chi connectivity index (χ2v) is 5.41. The van der Waals surface area contributed by atoms with Crippen LogP contribution in [0.3, 0.4) is 0 Å². The molecule has 114 valence electrons. The number of rotatable bonds is 2. The van der Waals surface area contributed by atoms with Crippen molar-refractivity contribution in [2.24, 2.45) is 5.84 Å². The van der Waals surface area contributed by atoms with Crippen molar-refractivity contribution in [1.82, 2.24) is 5.01 Å². The summed E-state index contributed by atoms with van der Waals surface area (Å²) in [7, 11) is 0. The zero-order valence-electron chi connectivity index (χ0n) is 12.7. The Morgan fingerprint density at radius 3 is 2.48 bits per heavy atom. The van der Waals surface area contributed by atoms with Crippen molar-refractivity contribution in [3.05, 3.63) is 83.1 Å². The Balaban J connectivity index is 1.94. The van der Waals surface area contributed by atoms with Crippen LogP contribution >= 0.6 is 0 Å². The van der Waals surface area contributed by atoms with E-state index in [1.54, 1.807) is 18.2 Å². The molecule has 0 saturated carbocycles. The zero-order chi connectivity index (χ0) is 16.4. The van der Waals surface area contributed by atoms with Gasteiger partial charge in [-0.15, -0.1) is 0 Å². The summed E-state index contributed by atoms with van der Waals surface area (Å²) in [5.41, 5.74) is 3.64. The Morgan fingerprint density at radius 2 is 1.74 bits per heavy atom. The Labute approximate surface area is 134 Å². The first-order valence-corrected chi connectivity index (χ1v) is 7.25. The summed E-state index contributed by atoms with van der Waals surface area (Å²) in [4.78, 5) is 24.5. The zero-order valence-corrected chi connectivity index (χ0v) is 12.7. The van der Waals surface area contributed by atoms with Gasteiger partial charge in [-0.2, -0.15) is 0 Å². The van der Waals surface area contributed by atoms with Crippen molar-refractivity contribution in [1.29, 1.82) is 0 Å². The molecule has 0 radical (unpaired) electrons. The standard InChI is InChI=1S/C19H16N2O2/c1-13-6-8-15(9-7-13)19(23)21(20)12-17-16-5-3-2-4-14(16)10-11-18(17)22/h2-12H,20H2,1H3. The summed E-state index contributed by atoms with van der Waals surface area (Å²) >= 11 is 0. The molecule has 1 amide bonds. The largest absolute Gasteiger partial charge is 0.289 e. The highest BCUT2D eigenvalue weighted by molar-refractivity contribution is 6.29. The number of ketones is 1. The van der Waals surface area contributed by atoms with Crippen LogP contribution in [0.5, 0.6) is 0 Å². The van der Waals surface area contributed by atoms with E-state index in [0.717, 1.165) is 21.7 Å². The predicted molar refractivity (Wildman–Crippen MR) is 90.0 cm³/mol. The summed E-state index contributed by atoms with van der Waals surface area (Å²) in [5.74, 6) is 5.33.